The van der Waals surface area contributed by atoms with Crippen LogP contribution in [-0.4, -0.2) is 47.7 Å². The molecule has 18 heavy (non-hydrogen) atoms. The van der Waals surface area contributed by atoms with E-state index in [4.69, 9.17) is 21.3 Å². The smallest absolute Gasteiger partial charge is 0.324 e. The summed E-state index contributed by atoms with van der Waals surface area (Å²) in [5.74, 6) is -2.34. The standard InChI is InChI=1S/C10H17N3O5/c11-5(1-2-7(12)14)10(17)18-6-3-4-13-8(6)9(15)16/h5-6,8,13H,1-4,11H2,(H2,12,14)(H,15,16)/t5-,6?,8-/m0/s1. The average molecular weight is 259 g/mol. The largest absolute Gasteiger partial charge is 0.480 e. The molecular formula is C10H17N3O5. The summed E-state index contributed by atoms with van der Waals surface area (Å²) < 4.78 is 5.02. The minimum Gasteiger partial charge on any atom is -0.480 e. The first-order valence-electron chi connectivity index (χ1n) is 5.62. The van der Waals surface area contributed by atoms with E-state index in [1.54, 1.807) is 0 Å². The van der Waals surface area contributed by atoms with Gasteiger partial charge in [-0.2, -0.15) is 0 Å². The number of esters is 1. The molecule has 0 spiro atoms. The molecule has 1 rings (SSSR count). The number of rotatable bonds is 6. The highest BCUT2D eigenvalue weighted by Gasteiger charge is 2.36. The monoisotopic (exact) mass is 259 g/mol. The Balaban J connectivity index is 2.43. The number of hydrogen-bond donors (Lipinski definition) is 4. The Morgan fingerprint density at radius 3 is 2.67 bits per heavy atom. The second-order valence-corrected chi connectivity index (χ2v) is 4.15. The highest BCUT2D eigenvalue weighted by atomic mass is 16.5. The van der Waals surface area contributed by atoms with Gasteiger partial charge in [0.2, 0.25) is 5.91 Å². The Morgan fingerprint density at radius 2 is 2.11 bits per heavy atom. The maximum absolute atomic E-state index is 11.6. The Kier molecular flexibility index (Phi) is 5.05. The zero-order valence-corrected chi connectivity index (χ0v) is 9.80. The number of carboxylic acids is 1. The van der Waals surface area contributed by atoms with E-state index >= 15 is 0 Å². The maximum atomic E-state index is 11.6. The summed E-state index contributed by atoms with van der Waals surface area (Å²) in [5.41, 5.74) is 10.4. The number of primary amides is 1. The van der Waals surface area contributed by atoms with E-state index in [1.807, 2.05) is 0 Å². The van der Waals surface area contributed by atoms with Crippen molar-refractivity contribution >= 4 is 17.8 Å². The molecule has 1 amide bonds. The highest BCUT2D eigenvalue weighted by molar-refractivity contribution is 5.79. The first-order valence-corrected chi connectivity index (χ1v) is 5.62. The quantitative estimate of drug-likeness (QED) is 0.401. The summed E-state index contributed by atoms with van der Waals surface area (Å²) in [4.78, 5) is 32.9. The van der Waals surface area contributed by atoms with E-state index in [-0.39, 0.29) is 12.8 Å². The number of nitrogens with two attached hydrogens (primary N) is 2. The summed E-state index contributed by atoms with van der Waals surface area (Å²) in [5, 5.41) is 11.6. The van der Waals surface area contributed by atoms with E-state index in [9.17, 15) is 14.4 Å². The molecule has 1 unspecified atom stereocenters. The molecule has 1 fully saturated rings. The third kappa shape index (κ3) is 3.97. The molecule has 0 bridgehead atoms. The molecule has 0 aromatic carbocycles. The summed E-state index contributed by atoms with van der Waals surface area (Å²) in [6, 6.07) is -1.87. The lowest BCUT2D eigenvalue weighted by Crippen LogP contribution is -2.43. The van der Waals surface area contributed by atoms with Crippen LogP contribution in [0.5, 0.6) is 0 Å². The van der Waals surface area contributed by atoms with E-state index in [1.165, 1.54) is 0 Å². The van der Waals surface area contributed by atoms with Gasteiger partial charge in [0.1, 0.15) is 18.2 Å². The van der Waals surface area contributed by atoms with Crippen LogP contribution in [0.3, 0.4) is 0 Å². The van der Waals surface area contributed by atoms with Crippen LogP contribution in [0.4, 0.5) is 0 Å². The topological polar surface area (TPSA) is 145 Å². The van der Waals surface area contributed by atoms with Gasteiger partial charge in [-0.25, -0.2) is 0 Å². The second kappa shape index (κ2) is 6.31. The van der Waals surface area contributed by atoms with Gasteiger partial charge in [-0.15, -0.1) is 0 Å². The fourth-order valence-electron chi connectivity index (χ4n) is 1.70. The Bertz CT molecular complexity index is 346. The Hall–Kier alpha value is -1.67. The summed E-state index contributed by atoms with van der Waals surface area (Å²) >= 11 is 0. The summed E-state index contributed by atoms with van der Waals surface area (Å²) in [6.45, 7) is 0.464. The van der Waals surface area contributed by atoms with Crippen molar-refractivity contribution in [3.63, 3.8) is 0 Å². The number of nitrogens with one attached hydrogen (secondary N) is 1. The van der Waals surface area contributed by atoms with Crippen LogP contribution in [0.1, 0.15) is 19.3 Å². The molecule has 0 aliphatic carbocycles. The molecule has 1 aliphatic heterocycles. The molecule has 1 saturated heterocycles. The highest BCUT2D eigenvalue weighted by Crippen LogP contribution is 2.13. The minimum absolute atomic E-state index is 0.0124. The maximum Gasteiger partial charge on any atom is 0.324 e. The minimum atomic E-state index is -1.07. The Labute approximate surface area is 104 Å². The van der Waals surface area contributed by atoms with Crippen LogP contribution in [0.2, 0.25) is 0 Å². The fourth-order valence-corrected chi connectivity index (χ4v) is 1.70. The van der Waals surface area contributed by atoms with Gasteiger partial charge < -0.3 is 26.6 Å². The van der Waals surface area contributed by atoms with E-state index in [0.29, 0.717) is 13.0 Å². The van der Waals surface area contributed by atoms with Crippen LogP contribution in [0, 0.1) is 0 Å². The lowest BCUT2D eigenvalue weighted by Gasteiger charge is -2.18. The van der Waals surface area contributed by atoms with E-state index in [0.717, 1.165) is 0 Å². The lowest BCUT2D eigenvalue weighted by molar-refractivity contribution is -0.155. The SMILES string of the molecule is NC(=O)CC[C@H](N)C(=O)OC1CCN[C@@H]1C(=O)O. The third-order valence-electron chi connectivity index (χ3n) is 2.70. The number of carbonyl (C=O) groups excluding carboxylic acids is 2. The summed E-state index contributed by atoms with van der Waals surface area (Å²) in [6.07, 6.45) is -0.228. The third-order valence-corrected chi connectivity index (χ3v) is 2.70. The molecule has 8 heteroatoms. The van der Waals surface area contributed by atoms with E-state index in [2.05, 4.69) is 5.32 Å². The van der Waals surface area contributed by atoms with Crippen LogP contribution in [0.25, 0.3) is 0 Å². The van der Waals surface area contributed by atoms with Crippen molar-refractivity contribution in [3.05, 3.63) is 0 Å². The fraction of sp³-hybridized carbons (Fsp3) is 0.700. The van der Waals surface area contributed by atoms with Gasteiger partial charge in [0.15, 0.2) is 0 Å². The van der Waals surface area contributed by atoms with Gasteiger partial charge in [0.05, 0.1) is 0 Å². The number of aliphatic carboxylic acids is 1. The van der Waals surface area contributed by atoms with Gasteiger partial charge >= 0.3 is 11.9 Å². The van der Waals surface area contributed by atoms with Gasteiger partial charge in [-0.3, -0.25) is 14.4 Å². The molecule has 1 aliphatic rings. The number of hydrogen-bond acceptors (Lipinski definition) is 6. The lowest BCUT2D eigenvalue weighted by atomic mass is 10.1. The second-order valence-electron chi connectivity index (χ2n) is 4.15. The number of ether oxygens (including phenoxy) is 1. The molecule has 0 radical (unpaired) electrons. The zero-order chi connectivity index (χ0) is 13.7. The van der Waals surface area contributed by atoms with Gasteiger partial charge in [-0.1, -0.05) is 0 Å². The number of amides is 1. The predicted octanol–water partition coefficient (Wildman–Crippen LogP) is -2.06. The summed E-state index contributed by atoms with van der Waals surface area (Å²) in [7, 11) is 0. The van der Waals surface area contributed by atoms with Crippen molar-refractivity contribution in [2.45, 2.75) is 37.5 Å². The number of carbonyl (C=O) groups is 3. The predicted molar refractivity (Wildman–Crippen MR) is 60.3 cm³/mol. The normalized spacial score (nSPS) is 24.5. The van der Waals surface area contributed by atoms with Crippen molar-refractivity contribution in [2.75, 3.05) is 6.54 Å². The molecule has 0 saturated carbocycles. The molecule has 102 valence electrons. The van der Waals surface area contributed by atoms with Crippen LogP contribution >= 0.6 is 0 Å². The Morgan fingerprint density at radius 1 is 1.44 bits per heavy atom. The molecule has 8 nitrogen and oxygen atoms in total. The molecule has 0 aromatic rings. The molecule has 6 N–H and O–H groups in total. The van der Waals surface area contributed by atoms with E-state index < -0.39 is 36.0 Å². The van der Waals surface area contributed by atoms with Crippen molar-refractivity contribution in [1.29, 1.82) is 0 Å². The molecule has 0 aromatic heterocycles. The molecule has 3 atom stereocenters. The van der Waals surface area contributed by atoms with Crippen molar-refractivity contribution < 1.29 is 24.2 Å². The molecular weight excluding hydrogens is 242 g/mol. The van der Waals surface area contributed by atoms with Gasteiger partial charge in [0.25, 0.3) is 0 Å². The number of carboxylic acid groups (broad SMARTS) is 1. The van der Waals surface area contributed by atoms with Crippen molar-refractivity contribution in [3.8, 4) is 0 Å². The van der Waals surface area contributed by atoms with Gasteiger partial charge in [-0.05, 0) is 19.4 Å². The van der Waals surface area contributed by atoms with Crippen LogP contribution in [0.15, 0.2) is 0 Å². The van der Waals surface area contributed by atoms with Crippen LogP contribution < -0.4 is 16.8 Å². The first-order chi connectivity index (χ1) is 8.41. The van der Waals surface area contributed by atoms with Crippen molar-refractivity contribution in [1.82, 2.24) is 5.32 Å². The molecule has 1 heterocycles. The van der Waals surface area contributed by atoms with Gasteiger partial charge in [0, 0.05) is 6.42 Å². The zero-order valence-electron chi connectivity index (χ0n) is 9.80. The van der Waals surface area contributed by atoms with Crippen molar-refractivity contribution in [2.24, 2.45) is 11.5 Å². The average Bonchev–Trinajstić information content (AvgIpc) is 2.73. The first kappa shape index (κ1) is 14.4. The van der Waals surface area contributed by atoms with Crippen LogP contribution in [-0.2, 0) is 19.1 Å².